The van der Waals surface area contributed by atoms with Gasteiger partial charge in [0.1, 0.15) is 10.8 Å². The third kappa shape index (κ3) is 3.26. The highest BCUT2D eigenvalue weighted by atomic mass is 35.5. The molecule has 100 valence electrons. The van der Waals surface area contributed by atoms with Crippen molar-refractivity contribution in [1.29, 1.82) is 0 Å². The van der Waals surface area contributed by atoms with Crippen molar-refractivity contribution in [3.8, 4) is 0 Å². The molecule has 0 unspecified atom stereocenters. The van der Waals surface area contributed by atoms with Gasteiger partial charge in [-0.2, -0.15) is 0 Å². The summed E-state index contributed by atoms with van der Waals surface area (Å²) in [5.41, 5.74) is 1.06. The maximum absolute atomic E-state index is 13.6. The fourth-order valence-corrected chi connectivity index (χ4v) is 2.94. The molecule has 0 radical (unpaired) electrons. The Bertz CT molecular complexity index is 604. The number of hydrogen-bond donors (Lipinski definition) is 1. The molecule has 0 amide bonds. The van der Waals surface area contributed by atoms with Gasteiger partial charge in [0.15, 0.2) is 0 Å². The van der Waals surface area contributed by atoms with E-state index >= 15 is 0 Å². The Hall–Kier alpha value is -1.10. The molecule has 2 nitrogen and oxygen atoms in total. The molecule has 0 saturated carbocycles. The molecular weight excluding hydrogens is 285 g/mol. The van der Waals surface area contributed by atoms with Gasteiger partial charge in [0.25, 0.3) is 0 Å². The zero-order valence-electron chi connectivity index (χ0n) is 10.5. The Labute approximate surface area is 120 Å². The van der Waals surface area contributed by atoms with E-state index < -0.39 is 6.10 Å². The van der Waals surface area contributed by atoms with Crippen molar-refractivity contribution in [2.24, 2.45) is 0 Å². The van der Waals surface area contributed by atoms with Crippen LogP contribution in [0.25, 0.3) is 0 Å². The summed E-state index contributed by atoms with van der Waals surface area (Å²) in [6.07, 6.45) is 0.896. The van der Waals surface area contributed by atoms with Crippen LogP contribution in [0, 0.1) is 12.7 Å². The van der Waals surface area contributed by atoms with Crippen molar-refractivity contribution in [3.05, 3.63) is 52.4 Å². The summed E-state index contributed by atoms with van der Waals surface area (Å²) < 4.78 is 13.6. The number of aryl methyl sites for hydroxylation is 1. The number of benzene rings is 1. The van der Waals surface area contributed by atoms with Gasteiger partial charge in [0.2, 0.25) is 0 Å². The molecule has 5 heteroatoms. The number of rotatable bonds is 3. The molecule has 0 aliphatic heterocycles. The van der Waals surface area contributed by atoms with E-state index in [1.54, 1.807) is 38.2 Å². The van der Waals surface area contributed by atoms with Crippen molar-refractivity contribution in [2.75, 3.05) is 0 Å². The molecular formula is C14H13ClFNOS. The van der Waals surface area contributed by atoms with Crippen LogP contribution in [0.1, 0.15) is 24.2 Å². The zero-order chi connectivity index (χ0) is 14.0. The third-order valence-electron chi connectivity index (χ3n) is 2.67. The van der Waals surface area contributed by atoms with Gasteiger partial charge in [-0.05, 0) is 49.2 Å². The number of pyridine rings is 1. The van der Waals surface area contributed by atoms with Crippen molar-refractivity contribution in [1.82, 2.24) is 4.98 Å². The summed E-state index contributed by atoms with van der Waals surface area (Å²) in [6, 6.07) is 6.56. The van der Waals surface area contributed by atoms with Crippen molar-refractivity contribution >= 4 is 23.4 Å². The zero-order valence-corrected chi connectivity index (χ0v) is 12.1. The minimum atomic E-state index is -0.750. The first-order chi connectivity index (χ1) is 8.99. The average molecular weight is 298 g/mol. The van der Waals surface area contributed by atoms with Crippen molar-refractivity contribution < 1.29 is 9.50 Å². The normalized spacial score (nSPS) is 12.5. The van der Waals surface area contributed by atoms with Crippen LogP contribution in [0.15, 0.2) is 40.4 Å². The summed E-state index contributed by atoms with van der Waals surface area (Å²) in [5.74, 6) is -0.327. The number of aliphatic hydroxyl groups excluding tert-OH is 1. The third-order valence-corrected chi connectivity index (χ3v) is 4.18. The average Bonchev–Trinajstić information content (AvgIpc) is 2.36. The second-order valence-electron chi connectivity index (χ2n) is 4.21. The molecule has 1 N–H and O–H groups in total. The molecule has 0 aliphatic carbocycles. The Balaban J connectivity index is 2.45. The van der Waals surface area contributed by atoms with Crippen LogP contribution in [-0.2, 0) is 0 Å². The number of nitrogens with zero attached hydrogens (tertiary/aromatic N) is 1. The predicted octanol–water partition coefficient (Wildman–Crippen LogP) is 4.39. The first-order valence-corrected chi connectivity index (χ1v) is 6.95. The van der Waals surface area contributed by atoms with Gasteiger partial charge in [0.05, 0.1) is 11.1 Å². The quantitative estimate of drug-likeness (QED) is 0.912. The molecule has 0 saturated heterocycles. The van der Waals surface area contributed by atoms with Crippen molar-refractivity contribution in [3.63, 3.8) is 0 Å². The van der Waals surface area contributed by atoms with Gasteiger partial charge < -0.3 is 5.11 Å². The molecule has 1 aromatic heterocycles. The van der Waals surface area contributed by atoms with Gasteiger partial charge in [-0.3, -0.25) is 0 Å². The van der Waals surface area contributed by atoms with E-state index in [1.165, 1.54) is 17.8 Å². The topological polar surface area (TPSA) is 33.1 Å². The van der Waals surface area contributed by atoms with Gasteiger partial charge in [-0.1, -0.05) is 23.4 Å². The smallest absolute Gasteiger partial charge is 0.126 e. The molecule has 0 fully saturated rings. The van der Waals surface area contributed by atoms with Gasteiger partial charge in [0, 0.05) is 11.1 Å². The first-order valence-electron chi connectivity index (χ1n) is 5.75. The highest BCUT2D eigenvalue weighted by molar-refractivity contribution is 7.99. The first kappa shape index (κ1) is 14.3. The second-order valence-corrected chi connectivity index (χ2v) is 5.65. The monoisotopic (exact) mass is 297 g/mol. The highest BCUT2D eigenvalue weighted by Gasteiger charge is 2.14. The lowest BCUT2D eigenvalue weighted by atomic mass is 10.1. The molecule has 0 bridgehead atoms. The number of halogens is 2. The summed E-state index contributed by atoms with van der Waals surface area (Å²) in [6.45, 7) is 3.29. The van der Waals surface area contributed by atoms with Gasteiger partial charge >= 0.3 is 0 Å². The maximum atomic E-state index is 13.6. The second kappa shape index (κ2) is 5.90. The van der Waals surface area contributed by atoms with Crippen LogP contribution in [0.4, 0.5) is 4.39 Å². The minimum Gasteiger partial charge on any atom is -0.389 e. The summed E-state index contributed by atoms with van der Waals surface area (Å²) in [5, 5.41) is 10.9. The van der Waals surface area contributed by atoms with Crippen LogP contribution in [0.3, 0.4) is 0 Å². The molecule has 0 aliphatic rings. The minimum absolute atomic E-state index is 0.327. The lowest BCUT2D eigenvalue weighted by molar-refractivity contribution is 0.196. The predicted molar refractivity (Wildman–Crippen MR) is 75.1 cm³/mol. The molecule has 0 spiro atoms. The Morgan fingerprint density at radius 3 is 2.79 bits per heavy atom. The Morgan fingerprint density at radius 2 is 2.16 bits per heavy atom. The Kier molecular flexibility index (Phi) is 4.45. The van der Waals surface area contributed by atoms with E-state index in [0.717, 1.165) is 4.90 Å². The van der Waals surface area contributed by atoms with E-state index in [4.69, 9.17) is 11.6 Å². The number of hydrogen-bond acceptors (Lipinski definition) is 3. The summed E-state index contributed by atoms with van der Waals surface area (Å²) >= 11 is 7.38. The van der Waals surface area contributed by atoms with Crippen LogP contribution in [-0.4, -0.2) is 10.1 Å². The van der Waals surface area contributed by atoms with E-state index in [9.17, 15) is 9.50 Å². The largest absolute Gasteiger partial charge is 0.389 e. The SMILES string of the molecule is Cc1cc(Sc2ncccc2Cl)c([C@H](C)O)cc1F. The van der Waals surface area contributed by atoms with Crippen LogP contribution in [0.5, 0.6) is 0 Å². The Morgan fingerprint density at radius 1 is 1.42 bits per heavy atom. The standard InChI is InChI=1S/C14H13ClFNOS/c1-8-6-13(10(9(2)18)7-12(8)16)19-14-11(15)4-3-5-17-14/h3-7,9,18H,1-2H3/t9-/m0/s1. The van der Waals surface area contributed by atoms with E-state index in [-0.39, 0.29) is 5.82 Å². The summed E-state index contributed by atoms with van der Waals surface area (Å²) in [7, 11) is 0. The van der Waals surface area contributed by atoms with Crippen LogP contribution < -0.4 is 0 Å². The van der Waals surface area contributed by atoms with Gasteiger partial charge in [-0.15, -0.1) is 0 Å². The fourth-order valence-electron chi connectivity index (χ4n) is 1.64. The van der Waals surface area contributed by atoms with Crippen LogP contribution >= 0.6 is 23.4 Å². The molecule has 2 aromatic rings. The number of aliphatic hydroxyl groups is 1. The van der Waals surface area contributed by atoms with E-state index in [2.05, 4.69) is 4.98 Å². The lowest BCUT2D eigenvalue weighted by Crippen LogP contribution is -1.97. The molecule has 2 rings (SSSR count). The number of aromatic nitrogens is 1. The summed E-state index contributed by atoms with van der Waals surface area (Å²) in [4.78, 5) is 4.94. The molecule has 1 atom stereocenters. The fraction of sp³-hybridized carbons (Fsp3) is 0.214. The van der Waals surface area contributed by atoms with E-state index in [0.29, 0.717) is 21.2 Å². The maximum Gasteiger partial charge on any atom is 0.126 e. The lowest BCUT2D eigenvalue weighted by Gasteiger charge is -2.13. The van der Waals surface area contributed by atoms with Crippen LogP contribution in [0.2, 0.25) is 5.02 Å². The molecule has 1 aromatic carbocycles. The highest BCUT2D eigenvalue weighted by Crippen LogP contribution is 2.36. The van der Waals surface area contributed by atoms with Gasteiger partial charge in [-0.25, -0.2) is 9.37 Å². The molecule has 1 heterocycles. The van der Waals surface area contributed by atoms with Crippen molar-refractivity contribution in [2.45, 2.75) is 29.9 Å². The molecule has 19 heavy (non-hydrogen) atoms. The van der Waals surface area contributed by atoms with E-state index in [1.807, 2.05) is 0 Å².